The molecule has 0 spiro atoms. The minimum Gasteiger partial charge on any atom is -0.462 e. The molecule has 0 saturated carbocycles. The number of aliphatic hydroxyl groups is 1. The first kappa shape index (κ1) is 93.1. The van der Waals surface area contributed by atoms with Gasteiger partial charge in [-0.15, -0.1) is 0 Å². The Morgan fingerprint density at radius 1 is 0.305 bits per heavy atom. The summed E-state index contributed by atoms with van der Waals surface area (Å²) in [5.41, 5.74) is 0. The highest BCUT2D eigenvalue weighted by Crippen LogP contribution is 2.45. The van der Waals surface area contributed by atoms with Gasteiger partial charge in [0.05, 0.1) is 26.4 Å². The Balaban J connectivity index is 5.25. The molecule has 0 aromatic carbocycles. The fraction of sp³-hybridized carbons (Fsp3) is 0.947. The summed E-state index contributed by atoms with van der Waals surface area (Å²) in [6.07, 6.45) is 55.4. The average Bonchev–Trinajstić information content (AvgIpc) is 3.77. The Kier molecular flexibility index (Phi) is 66.5. The molecule has 0 radical (unpaired) electrons. The zero-order valence-electron chi connectivity index (χ0n) is 62.0. The second-order valence-electron chi connectivity index (χ2n) is 28.1. The van der Waals surface area contributed by atoms with Gasteiger partial charge in [0.2, 0.25) is 0 Å². The van der Waals surface area contributed by atoms with Gasteiger partial charge in [-0.3, -0.25) is 37.3 Å². The molecule has 564 valence electrons. The predicted octanol–water partition coefficient (Wildman–Crippen LogP) is 22.3. The number of phosphoric acid groups is 2. The lowest BCUT2D eigenvalue weighted by Gasteiger charge is -2.21. The first-order chi connectivity index (χ1) is 45.9. The van der Waals surface area contributed by atoms with E-state index in [0.717, 1.165) is 102 Å². The van der Waals surface area contributed by atoms with Crippen LogP contribution in [0.5, 0.6) is 0 Å². The Bertz CT molecular complexity index is 1840. The van der Waals surface area contributed by atoms with Crippen LogP contribution in [0.1, 0.15) is 395 Å². The molecule has 0 aliphatic heterocycles. The number of unbranched alkanes of at least 4 members (excludes halogenated alkanes) is 44. The van der Waals surface area contributed by atoms with Gasteiger partial charge in [-0.1, -0.05) is 343 Å². The number of aliphatic hydroxyl groups excluding tert-OH is 1. The van der Waals surface area contributed by atoms with Crippen LogP contribution >= 0.6 is 15.6 Å². The van der Waals surface area contributed by atoms with E-state index in [1.165, 1.54) is 212 Å². The van der Waals surface area contributed by atoms with Gasteiger partial charge in [0, 0.05) is 25.7 Å². The minimum absolute atomic E-state index is 0.105. The van der Waals surface area contributed by atoms with Crippen molar-refractivity contribution in [1.29, 1.82) is 0 Å². The van der Waals surface area contributed by atoms with Crippen LogP contribution in [0.2, 0.25) is 0 Å². The standard InChI is InChI=1S/C76H148O17P2/c1-7-10-12-14-16-18-20-22-23-24-25-26-27-29-35-42-48-54-60-75(80)92-71(64-87-74(79)59-53-47-41-34-31-30-32-38-44-50-56-68(4)5)66-90-94(82,83)88-62-70(77)63-89-95(84,85)91-67-72(93-76(81)61-55-49-43-37-36-39-45-51-57-69(6)9-3)65-86-73(78)58-52-46-40-33-28-21-19-17-15-13-11-8-2/h68-72,77H,7-67H2,1-6H3,(H,82,83)(H,84,85)/t69?,70-,71-,72-/m1/s1. The fourth-order valence-corrected chi connectivity index (χ4v) is 13.2. The van der Waals surface area contributed by atoms with Crippen molar-refractivity contribution in [2.75, 3.05) is 39.6 Å². The zero-order chi connectivity index (χ0) is 70.0. The third-order valence-electron chi connectivity index (χ3n) is 18.1. The minimum atomic E-state index is -4.96. The maximum atomic E-state index is 13.1. The van der Waals surface area contributed by atoms with E-state index in [4.69, 9.17) is 37.0 Å². The summed E-state index contributed by atoms with van der Waals surface area (Å²) in [4.78, 5) is 72.8. The van der Waals surface area contributed by atoms with Crippen LogP contribution in [0.3, 0.4) is 0 Å². The van der Waals surface area contributed by atoms with Gasteiger partial charge in [-0.2, -0.15) is 0 Å². The highest BCUT2D eigenvalue weighted by Gasteiger charge is 2.30. The van der Waals surface area contributed by atoms with E-state index >= 15 is 0 Å². The number of phosphoric ester groups is 2. The van der Waals surface area contributed by atoms with Crippen molar-refractivity contribution >= 4 is 39.5 Å². The van der Waals surface area contributed by atoms with E-state index in [0.29, 0.717) is 25.7 Å². The number of hydrogen-bond acceptors (Lipinski definition) is 15. The predicted molar refractivity (Wildman–Crippen MR) is 386 cm³/mol. The van der Waals surface area contributed by atoms with E-state index in [1.54, 1.807) is 0 Å². The molecule has 0 aliphatic rings. The number of carbonyl (C=O) groups is 4. The summed E-state index contributed by atoms with van der Waals surface area (Å²) in [6.45, 7) is 9.59. The van der Waals surface area contributed by atoms with Crippen LogP contribution in [0.15, 0.2) is 0 Å². The summed E-state index contributed by atoms with van der Waals surface area (Å²) in [7, 11) is -9.91. The molecule has 3 N–H and O–H groups in total. The molecular formula is C76H148O17P2. The lowest BCUT2D eigenvalue weighted by molar-refractivity contribution is -0.161. The van der Waals surface area contributed by atoms with Crippen LogP contribution in [0.4, 0.5) is 0 Å². The molecule has 3 unspecified atom stereocenters. The molecule has 0 heterocycles. The normalized spacial score (nSPS) is 14.3. The first-order valence-corrected chi connectivity index (χ1v) is 42.5. The van der Waals surface area contributed by atoms with Gasteiger partial charge in [-0.25, -0.2) is 9.13 Å². The smallest absolute Gasteiger partial charge is 0.462 e. The largest absolute Gasteiger partial charge is 0.472 e. The van der Waals surface area contributed by atoms with Gasteiger partial charge >= 0.3 is 39.5 Å². The van der Waals surface area contributed by atoms with Crippen molar-refractivity contribution in [3.8, 4) is 0 Å². The highest BCUT2D eigenvalue weighted by molar-refractivity contribution is 7.47. The Hall–Kier alpha value is -1.94. The molecule has 17 nitrogen and oxygen atoms in total. The summed E-state index contributed by atoms with van der Waals surface area (Å²) >= 11 is 0. The maximum absolute atomic E-state index is 13.1. The lowest BCUT2D eigenvalue weighted by Crippen LogP contribution is -2.30. The molecule has 0 aromatic heterocycles. The van der Waals surface area contributed by atoms with Gasteiger partial charge in [0.15, 0.2) is 12.2 Å². The number of hydrogen-bond donors (Lipinski definition) is 3. The second kappa shape index (κ2) is 67.9. The van der Waals surface area contributed by atoms with Crippen LogP contribution in [-0.2, 0) is 65.4 Å². The second-order valence-corrected chi connectivity index (χ2v) is 31.0. The molecule has 0 bridgehead atoms. The van der Waals surface area contributed by atoms with Crippen LogP contribution in [0.25, 0.3) is 0 Å². The van der Waals surface area contributed by atoms with Crippen molar-refractivity contribution in [2.45, 2.75) is 413 Å². The number of ether oxygens (including phenoxy) is 4. The molecule has 0 fully saturated rings. The average molecular weight is 1400 g/mol. The lowest BCUT2D eigenvalue weighted by atomic mass is 9.99. The number of rotatable bonds is 75. The van der Waals surface area contributed by atoms with Crippen LogP contribution < -0.4 is 0 Å². The number of esters is 4. The molecule has 0 rings (SSSR count). The SMILES string of the molecule is CCCCCCCCCCCCCCCCCCCCC(=O)O[C@H](COC(=O)CCCCCCCCCCCCC(C)C)COP(=O)(O)OC[C@@H](O)COP(=O)(O)OC[C@@H](COC(=O)CCCCCCCCCCCCCC)OC(=O)CCCCCCCCCCC(C)CC. The molecule has 0 saturated heterocycles. The molecule has 19 heteroatoms. The van der Waals surface area contributed by atoms with Crippen molar-refractivity contribution in [2.24, 2.45) is 11.8 Å². The maximum Gasteiger partial charge on any atom is 0.472 e. The third kappa shape index (κ3) is 69.0. The monoisotopic (exact) mass is 1400 g/mol. The van der Waals surface area contributed by atoms with Crippen LogP contribution in [0, 0.1) is 11.8 Å². The molecular weight excluding hydrogens is 1250 g/mol. The van der Waals surface area contributed by atoms with Crippen molar-refractivity contribution in [3.05, 3.63) is 0 Å². The van der Waals surface area contributed by atoms with Crippen molar-refractivity contribution < 1.29 is 80.2 Å². The Labute approximate surface area is 581 Å². The summed E-state index contributed by atoms with van der Waals surface area (Å²) in [5.74, 6) is -0.587. The van der Waals surface area contributed by atoms with Gasteiger partial charge in [-0.05, 0) is 37.5 Å². The topological polar surface area (TPSA) is 237 Å². The zero-order valence-corrected chi connectivity index (χ0v) is 63.8. The molecule has 0 aliphatic carbocycles. The summed E-state index contributed by atoms with van der Waals surface area (Å²) < 4.78 is 68.5. The summed E-state index contributed by atoms with van der Waals surface area (Å²) in [6, 6.07) is 0. The Morgan fingerprint density at radius 3 is 0.800 bits per heavy atom. The van der Waals surface area contributed by atoms with E-state index in [-0.39, 0.29) is 25.7 Å². The summed E-state index contributed by atoms with van der Waals surface area (Å²) in [5, 5.41) is 10.6. The van der Waals surface area contributed by atoms with Gasteiger partial charge in [0.1, 0.15) is 19.3 Å². The molecule has 0 aromatic rings. The molecule has 95 heavy (non-hydrogen) atoms. The molecule has 0 amide bonds. The van der Waals surface area contributed by atoms with E-state index in [2.05, 4.69) is 41.5 Å². The van der Waals surface area contributed by atoms with E-state index in [1.807, 2.05) is 0 Å². The third-order valence-corrected chi connectivity index (χ3v) is 20.0. The fourth-order valence-electron chi connectivity index (χ4n) is 11.6. The first-order valence-electron chi connectivity index (χ1n) is 39.5. The highest BCUT2D eigenvalue weighted by atomic mass is 31.2. The van der Waals surface area contributed by atoms with E-state index < -0.39 is 97.5 Å². The Morgan fingerprint density at radius 2 is 0.537 bits per heavy atom. The van der Waals surface area contributed by atoms with E-state index in [9.17, 15) is 43.2 Å². The van der Waals surface area contributed by atoms with Gasteiger partial charge in [0.25, 0.3) is 0 Å². The van der Waals surface area contributed by atoms with Crippen molar-refractivity contribution in [1.82, 2.24) is 0 Å². The van der Waals surface area contributed by atoms with Crippen molar-refractivity contribution in [3.63, 3.8) is 0 Å². The quantitative estimate of drug-likeness (QED) is 0.0222. The van der Waals surface area contributed by atoms with Crippen LogP contribution in [-0.4, -0.2) is 96.7 Å². The number of carbonyl (C=O) groups excluding carboxylic acids is 4. The molecule has 6 atom stereocenters. The van der Waals surface area contributed by atoms with Gasteiger partial charge < -0.3 is 33.8 Å².